The molecule has 2 amide bonds. The van der Waals surface area contributed by atoms with Crippen molar-refractivity contribution in [3.05, 3.63) is 53.3 Å². The zero-order valence-electron chi connectivity index (χ0n) is 22.6. The van der Waals surface area contributed by atoms with Crippen molar-refractivity contribution in [3.8, 4) is 11.1 Å². The van der Waals surface area contributed by atoms with E-state index in [1.54, 1.807) is 12.4 Å². The maximum Gasteiger partial charge on any atom is 0.392 e. The number of aryl methyl sites for hydroxylation is 2. The predicted molar refractivity (Wildman–Crippen MR) is 139 cm³/mol. The summed E-state index contributed by atoms with van der Waals surface area (Å²) in [5.74, 6) is -2.99. The van der Waals surface area contributed by atoms with Gasteiger partial charge in [0.25, 0.3) is 0 Å². The van der Waals surface area contributed by atoms with Crippen LogP contribution in [0.3, 0.4) is 0 Å². The lowest BCUT2D eigenvalue weighted by Crippen LogP contribution is -2.54. The van der Waals surface area contributed by atoms with Gasteiger partial charge in [-0.1, -0.05) is 32.0 Å². The minimum absolute atomic E-state index is 0.0131. The SMILES string of the molecule is CC(=O)C[C@H](NC(=O)[C@H](CC(C)C)N1CC[C@@H](C(F)(F)F)CC1=O)c1cncc(-c2c(C)cccc2C)c1. The topological polar surface area (TPSA) is 79.4 Å². The van der Waals surface area contributed by atoms with Crippen molar-refractivity contribution in [2.24, 2.45) is 11.8 Å². The largest absolute Gasteiger partial charge is 0.392 e. The molecule has 3 atom stereocenters. The molecule has 1 aliphatic heterocycles. The first kappa shape index (κ1) is 29.3. The third-order valence-electron chi connectivity index (χ3n) is 7.04. The highest BCUT2D eigenvalue weighted by Gasteiger charge is 2.46. The average molecular weight is 532 g/mol. The molecule has 9 heteroatoms. The Balaban J connectivity index is 1.89. The second-order valence-electron chi connectivity index (χ2n) is 10.7. The minimum Gasteiger partial charge on any atom is -0.347 e. The minimum atomic E-state index is -4.45. The molecule has 38 heavy (non-hydrogen) atoms. The number of amides is 2. The zero-order chi connectivity index (χ0) is 28.2. The van der Waals surface area contributed by atoms with Gasteiger partial charge in [0, 0.05) is 37.3 Å². The van der Waals surface area contributed by atoms with Crippen LogP contribution in [0.25, 0.3) is 11.1 Å². The number of carbonyl (C=O) groups excluding carboxylic acids is 3. The van der Waals surface area contributed by atoms with Gasteiger partial charge in [-0.25, -0.2) is 0 Å². The van der Waals surface area contributed by atoms with Gasteiger partial charge in [-0.05, 0) is 67.9 Å². The molecule has 0 spiro atoms. The first-order valence-corrected chi connectivity index (χ1v) is 13.0. The Morgan fingerprint density at radius 1 is 1.16 bits per heavy atom. The highest BCUT2D eigenvalue weighted by Crippen LogP contribution is 2.36. The predicted octanol–water partition coefficient (Wildman–Crippen LogP) is 5.72. The molecular weight excluding hydrogens is 495 g/mol. The first-order valence-electron chi connectivity index (χ1n) is 13.0. The number of ketones is 1. The number of alkyl halides is 3. The summed E-state index contributed by atoms with van der Waals surface area (Å²) in [6.07, 6.45) is -1.71. The van der Waals surface area contributed by atoms with Gasteiger partial charge in [0.2, 0.25) is 11.8 Å². The summed E-state index contributed by atoms with van der Waals surface area (Å²) in [5, 5.41) is 2.92. The number of nitrogens with zero attached hydrogens (tertiary/aromatic N) is 2. The number of piperidine rings is 1. The molecule has 1 N–H and O–H groups in total. The Kier molecular flexibility index (Phi) is 9.33. The number of pyridine rings is 1. The molecular formula is C29H36F3N3O3. The van der Waals surface area contributed by atoms with Gasteiger partial charge in [-0.2, -0.15) is 13.2 Å². The fourth-order valence-corrected chi connectivity index (χ4v) is 5.14. The number of rotatable bonds is 9. The lowest BCUT2D eigenvalue weighted by Gasteiger charge is -2.38. The van der Waals surface area contributed by atoms with Crippen molar-refractivity contribution in [2.45, 2.75) is 78.6 Å². The lowest BCUT2D eigenvalue weighted by atomic mass is 9.91. The van der Waals surface area contributed by atoms with E-state index in [2.05, 4.69) is 10.3 Å². The summed E-state index contributed by atoms with van der Waals surface area (Å²) in [6, 6.07) is 6.24. The number of Topliss-reactive ketones (excluding diaryl/α,β-unsaturated/α-hetero) is 1. The van der Waals surface area contributed by atoms with Crippen molar-refractivity contribution < 1.29 is 27.6 Å². The van der Waals surface area contributed by atoms with Crippen LogP contribution >= 0.6 is 0 Å². The molecule has 2 heterocycles. The van der Waals surface area contributed by atoms with Gasteiger partial charge < -0.3 is 10.2 Å². The molecule has 1 saturated heterocycles. The van der Waals surface area contributed by atoms with Gasteiger partial charge in [0.15, 0.2) is 0 Å². The molecule has 0 unspecified atom stereocenters. The molecule has 1 aromatic carbocycles. The summed E-state index contributed by atoms with van der Waals surface area (Å²) in [6.45, 7) is 9.06. The molecule has 0 aliphatic carbocycles. The van der Waals surface area contributed by atoms with Gasteiger partial charge >= 0.3 is 6.18 Å². The zero-order valence-corrected chi connectivity index (χ0v) is 22.6. The number of benzene rings is 1. The molecule has 1 fully saturated rings. The number of likely N-dealkylation sites (tertiary alicyclic amines) is 1. The summed E-state index contributed by atoms with van der Waals surface area (Å²) in [7, 11) is 0. The number of aromatic nitrogens is 1. The lowest BCUT2D eigenvalue weighted by molar-refractivity contribution is -0.191. The maximum absolute atomic E-state index is 13.6. The van der Waals surface area contributed by atoms with Crippen molar-refractivity contribution in [1.29, 1.82) is 0 Å². The van der Waals surface area contributed by atoms with E-state index >= 15 is 0 Å². The van der Waals surface area contributed by atoms with E-state index in [9.17, 15) is 27.6 Å². The quantitative estimate of drug-likeness (QED) is 0.449. The van der Waals surface area contributed by atoms with Gasteiger partial charge in [-0.15, -0.1) is 0 Å². The van der Waals surface area contributed by atoms with E-state index in [1.807, 2.05) is 52.0 Å². The Bertz CT molecular complexity index is 1160. The Labute approximate surface area is 222 Å². The molecule has 206 valence electrons. The summed E-state index contributed by atoms with van der Waals surface area (Å²) in [5.41, 5.74) is 4.64. The van der Waals surface area contributed by atoms with Crippen LogP contribution in [0, 0.1) is 25.7 Å². The second kappa shape index (κ2) is 12.1. The number of nitrogens with one attached hydrogen (secondary N) is 1. The molecule has 1 aliphatic rings. The van der Waals surface area contributed by atoms with Crippen LogP contribution in [0.1, 0.15) is 69.2 Å². The standard InChI is InChI=1S/C29H36F3N3O3/c1-17(2)11-25(35-10-9-23(14-26(35)37)29(30,31)32)28(38)34-24(12-20(5)36)21-13-22(16-33-15-21)27-18(3)7-6-8-19(27)4/h6-8,13,15-17,23-25H,9-12,14H2,1-5H3,(H,34,38)/t23-,24+,25+/m1/s1. The van der Waals surface area contributed by atoms with E-state index in [-0.39, 0.29) is 31.1 Å². The van der Waals surface area contributed by atoms with Gasteiger partial charge in [0.1, 0.15) is 11.8 Å². The van der Waals surface area contributed by atoms with Crippen molar-refractivity contribution in [2.75, 3.05) is 6.54 Å². The Morgan fingerprint density at radius 3 is 2.37 bits per heavy atom. The highest BCUT2D eigenvalue weighted by atomic mass is 19.4. The van der Waals surface area contributed by atoms with E-state index in [1.165, 1.54) is 11.8 Å². The average Bonchev–Trinajstić information content (AvgIpc) is 2.81. The Morgan fingerprint density at radius 2 is 1.82 bits per heavy atom. The van der Waals surface area contributed by atoms with Crippen LogP contribution in [-0.4, -0.2) is 46.2 Å². The van der Waals surface area contributed by atoms with E-state index in [4.69, 9.17) is 0 Å². The third kappa shape index (κ3) is 7.20. The normalized spacial score (nSPS) is 17.9. The van der Waals surface area contributed by atoms with Crippen LogP contribution in [0.15, 0.2) is 36.7 Å². The number of hydrogen-bond acceptors (Lipinski definition) is 4. The van der Waals surface area contributed by atoms with E-state index < -0.39 is 42.4 Å². The first-order chi connectivity index (χ1) is 17.8. The number of hydrogen-bond donors (Lipinski definition) is 1. The maximum atomic E-state index is 13.6. The molecule has 3 rings (SSSR count). The van der Waals surface area contributed by atoms with Crippen LogP contribution < -0.4 is 5.32 Å². The monoisotopic (exact) mass is 531 g/mol. The fourth-order valence-electron chi connectivity index (χ4n) is 5.14. The number of carbonyl (C=O) groups is 3. The smallest absolute Gasteiger partial charge is 0.347 e. The molecule has 0 bridgehead atoms. The molecule has 6 nitrogen and oxygen atoms in total. The van der Waals surface area contributed by atoms with E-state index in [0.29, 0.717) is 12.0 Å². The summed E-state index contributed by atoms with van der Waals surface area (Å²) < 4.78 is 39.6. The van der Waals surface area contributed by atoms with Crippen LogP contribution in [0.2, 0.25) is 0 Å². The van der Waals surface area contributed by atoms with Gasteiger partial charge in [0.05, 0.1) is 12.0 Å². The highest BCUT2D eigenvalue weighted by molar-refractivity contribution is 5.89. The van der Waals surface area contributed by atoms with Crippen LogP contribution in [0.5, 0.6) is 0 Å². The molecule has 2 aromatic rings. The van der Waals surface area contributed by atoms with Crippen LogP contribution in [-0.2, 0) is 14.4 Å². The van der Waals surface area contributed by atoms with E-state index in [0.717, 1.165) is 22.3 Å². The second-order valence-corrected chi connectivity index (χ2v) is 10.7. The summed E-state index contributed by atoms with van der Waals surface area (Å²) >= 11 is 0. The van der Waals surface area contributed by atoms with Gasteiger partial charge in [-0.3, -0.25) is 19.4 Å². The van der Waals surface area contributed by atoms with Crippen LogP contribution in [0.4, 0.5) is 13.2 Å². The van der Waals surface area contributed by atoms with Crippen molar-refractivity contribution in [1.82, 2.24) is 15.2 Å². The molecule has 0 saturated carbocycles. The van der Waals surface area contributed by atoms with Crippen molar-refractivity contribution >= 4 is 17.6 Å². The van der Waals surface area contributed by atoms with Crippen molar-refractivity contribution in [3.63, 3.8) is 0 Å². The Hall–Kier alpha value is -3.23. The molecule has 0 radical (unpaired) electrons. The molecule has 1 aromatic heterocycles. The third-order valence-corrected chi connectivity index (χ3v) is 7.04. The summed E-state index contributed by atoms with van der Waals surface area (Å²) in [4.78, 5) is 44.1. The fraction of sp³-hybridized carbons (Fsp3) is 0.517. The number of halogens is 3.